The summed E-state index contributed by atoms with van der Waals surface area (Å²) in [4.78, 5) is 9.06. The van der Waals surface area contributed by atoms with Crippen LogP contribution in [0.25, 0.3) is 0 Å². The average Bonchev–Trinajstić information content (AvgIpc) is 2.83. The molecule has 1 aliphatic rings. The topological polar surface area (TPSA) is 52.1 Å². The van der Waals surface area contributed by atoms with Crippen LogP contribution in [0, 0.1) is 5.82 Å². The van der Waals surface area contributed by atoms with E-state index in [1.54, 1.807) is 7.05 Å². The van der Waals surface area contributed by atoms with Crippen molar-refractivity contribution in [3.8, 4) is 0 Å². The first-order valence-electron chi connectivity index (χ1n) is 11.4. The van der Waals surface area contributed by atoms with Crippen molar-refractivity contribution in [2.45, 2.75) is 26.1 Å². The second-order valence-corrected chi connectivity index (χ2v) is 8.17. The second kappa shape index (κ2) is 12.5. The highest BCUT2D eigenvalue weighted by molar-refractivity contribution is 5.79. The van der Waals surface area contributed by atoms with E-state index < -0.39 is 0 Å². The van der Waals surface area contributed by atoms with E-state index in [0.717, 1.165) is 37.7 Å². The number of hydrogen-bond donors (Lipinski definition) is 2. The zero-order chi connectivity index (χ0) is 22.8. The molecule has 6 nitrogen and oxygen atoms in total. The lowest BCUT2D eigenvalue weighted by Crippen LogP contribution is -2.46. The second-order valence-electron chi connectivity index (χ2n) is 8.17. The van der Waals surface area contributed by atoms with Gasteiger partial charge in [-0.25, -0.2) is 4.39 Å². The molecule has 3 rings (SSSR count). The summed E-state index contributed by atoms with van der Waals surface area (Å²) in [5.74, 6) is 0.536. The molecular weight excluding hydrogens is 405 g/mol. The third-order valence-corrected chi connectivity index (χ3v) is 5.87. The summed E-state index contributed by atoms with van der Waals surface area (Å²) in [5.41, 5.74) is 3.61. The average molecular weight is 442 g/mol. The van der Waals surface area contributed by atoms with E-state index >= 15 is 0 Å². The third kappa shape index (κ3) is 7.29. The highest BCUT2D eigenvalue weighted by Gasteiger charge is 2.23. The van der Waals surface area contributed by atoms with Crippen LogP contribution in [0.5, 0.6) is 0 Å². The van der Waals surface area contributed by atoms with E-state index in [-0.39, 0.29) is 11.9 Å². The Morgan fingerprint density at radius 2 is 1.84 bits per heavy atom. The molecule has 0 radical (unpaired) electrons. The van der Waals surface area contributed by atoms with Crippen molar-refractivity contribution in [1.29, 1.82) is 0 Å². The van der Waals surface area contributed by atoms with Crippen LogP contribution in [0.1, 0.15) is 29.7 Å². The molecule has 1 heterocycles. The van der Waals surface area contributed by atoms with Crippen molar-refractivity contribution in [3.63, 3.8) is 0 Å². The largest absolute Gasteiger partial charge is 0.379 e. The lowest BCUT2D eigenvalue weighted by Gasteiger charge is -2.35. The molecule has 1 aliphatic heterocycles. The lowest BCUT2D eigenvalue weighted by atomic mass is 10.0. The van der Waals surface area contributed by atoms with Gasteiger partial charge in [0, 0.05) is 39.8 Å². The van der Waals surface area contributed by atoms with Crippen molar-refractivity contribution in [2.75, 3.05) is 53.5 Å². The van der Waals surface area contributed by atoms with Crippen LogP contribution in [-0.4, -0.2) is 69.2 Å². The van der Waals surface area contributed by atoms with Gasteiger partial charge < -0.3 is 20.3 Å². The number of halogens is 1. The summed E-state index contributed by atoms with van der Waals surface area (Å²) in [6, 6.07) is 15.5. The number of nitrogens with one attached hydrogen (secondary N) is 2. The lowest BCUT2D eigenvalue weighted by molar-refractivity contribution is 0.0170. The minimum Gasteiger partial charge on any atom is -0.379 e. The minimum atomic E-state index is -0.215. The molecule has 2 aromatic rings. The van der Waals surface area contributed by atoms with Gasteiger partial charge >= 0.3 is 0 Å². The Hall–Kier alpha value is -2.48. The maximum atomic E-state index is 13.5. The van der Waals surface area contributed by atoms with Crippen molar-refractivity contribution in [1.82, 2.24) is 20.4 Å². The fourth-order valence-electron chi connectivity index (χ4n) is 3.89. The molecule has 174 valence electrons. The highest BCUT2D eigenvalue weighted by Crippen LogP contribution is 2.21. The van der Waals surface area contributed by atoms with Gasteiger partial charge in [-0.1, -0.05) is 43.3 Å². The summed E-state index contributed by atoms with van der Waals surface area (Å²) < 4.78 is 19.0. The minimum absolute atomic E-state index is 0.117. The number of aliphatic imine (C=N–C) groups is 1. The molecule has 2 N–H and O–H groups in total. The van der Waals surface area contributed by atoms with Crippen LogP contribution in [0.15, 0.2) is 53.5 Å². The first kappa shape index (κ1) is 24.2. The normalized spacial score (nSPS) is 16.2. The van der Waals surface area contributed by atoms with Gasteiger partial charge in [0.25, 0.3) is 0 Å². The van der Waals surface area contributed by atoms with Gasteiger partial charge in [0.1, 0.15) is 5.82 Å². The van der Waals surface area contributed by atoms with E-state index in [1.165, 1.54) is 23.3 Å². The zero-order valence-corrected chi connectivity index (χ0v) is 19.5. The molecule has 0 spiro atoms. The molecule has 0 saturated carbocycles. The van der Waals surface area contributed by atoms with E-state index in [9.17, 15) is 4.39 Å². The van der Waals surface area contributed by atoms with Gasteiger partial charge in [-0.3, -0.25) is 9.89 Å². The molecule has 0 amide bonds. The highest BCUT2D eigenvalue weighted by atomic mass is 19.1. The number of hydrogen-bond acceptors (Lipinski definition) is 4. The molecule has 1 fully saturated rings. The van der Waals surface area contributed by atoms with Crippen LogP contribution in [0.3, 0.4) is 0 Å². The number of benzene rings is 2. The Balaban J connectivity index is 1.59. The maximum Gasteiger partial charge on any atom is 0.191 e. The number of guanidine groups is 1. The van der Waals surface area contributed by atoms with Gasteiger partial charge in [-0.05, 0) is 42.4 Å². The van der Waals surface area contributed by atoms with E-state index in [4.69, 9.17) is 4.74 Å². The predicted molar refractivity (Wildman–Crippen MR) is 128 cm³/mol. The van der Waals surface area contributed by atoms with Crippen molar-refractivity contribution >= 4 is 5.96 Å². The predicted octanol–water partition coefficient (Wildman–Crippen LogP) is 3.02. The van der Waals surface area contributed by atoms with Gasteiger partial charge in [0.2, 0.25) is 0 Å². The van der Waals surface area contributed by atoms with Crippen LogP contribution < -0.4 is 10.6 Å². The summed E-state index contributed by atoms with van der Waals surface area (Å²) in [6.45, 7) is 8.64. The van der Waals surface area contributed by atoms with Gasteiger partial charge in [-0.2, -0.15) is 0 Å². The van der Waals surface area contributed by atoms with Crippen molar-refractivity contribution < 1.29 is 9.13 Å². The summed E-state index contributed by atoms with van der Waals surface area (Å²) >= 11 is 0. The van der Waals surface area contributed by atoms with Crippen LogP contribution in [0.2, 0.25) is 0 Å². The fraction of sp³-hybridized carbons (Fsp3) is 0.480. The standard InChI is InChI=1S/C25H36FN5O/c1-4-30(3)19-21-7-5-6-20(16-21)17-28-25(27-2)29-18-24(31-12-14-32-15-13-31)22-8-10-23(26)11-9-22/h5-11,16,24H,4,12-15,17-19H2,1-3H3,(H2,27,28,29). The van der Waals surface area contributed by atoms with Gasteiger partial charge in [0.05, 0.1) is 19.3 Å². The van der Waals surface area contributed by atoms with E-state index in [1.807, 2.05) is 12.1 Å². The Labute approximate surface area is 191 Å². The number of nitrogens with zero attached hydrogens (tertiary/aromatic N) is 3. The maximum absolute atomic E-state index is 13.5. The molecule has 7 heteroatoms. The first-order valence-corrected chi connectivity index (χ1v) is 11.4. The van der Waals surface area contributed by atoms with E-state index in [0.29, 0.717) is 26.3 Å². The quantitative estimate of drug-likeness (QED) is 0.463. The number of rotatable bonds is 9. The van der Waals surface area contributed by atoms with Crippen LogP contribution >= 0.6 is 0 Å². The molecule has 0 aromatic heterocycles. The van der Waals surface area contributed by atoms with Crippen LogP contribution in [0.4, 0.5) is 4.39 Å². The summed E-state index contributed by atoms with van der Waals surface area (Å²) in [6.07, 6.45) is 0. The molecular formula is C25H36FN5O. The molecule has 1 atom stereocenters. The summed E-state index contributed by atoms with van der Waals surface area (Å²) in [5, 5.41) is 6.88. The Kier molecular flexibility index (Phi) is 9.46. The molecule has 2 aromatic carbocycles. The van der Waals surface area contributed by atoms with Gasteiger partial charge in [0.15, 0.2) is 5.96 Å². The monoisotopic (exact) mass is 441 g/mol. The van der Waals surface area contributed by atoms with E-state index in [2.05, 4.69) is 63.7 Å². The van der Waals surface area contributed by atoms with Crippen LogP contribution in [-0.2, 0) is 17.8 Å². The Morgan fingerprint density at radius 3 is 2.53 bits per heavy atom. The summed E-state index contributed by atoms with van der Waals surface area (Å²) in [7, 11) is 3.91. The molecule has 0 bridgehead atoms. The van der Waals surface area contributed by atoms with Crippen molar-refractivity contribution in [3.05, 3.63) is 71.0 Å². The Bertz CT molecular complexity index is 852. The molecule has 32 heavy (non-hydrogen) atoms. The smallest absolute Gasteiger partial charge is 0.191 e. The van der Waals surface area contributed by atoms with Crippen molar-refractivity contribution in [2.24, 2.45) is 4.99 Å². The zero-order valence-electron chi connectivity index (χ0n) is 19.5. The Morgan fingerprint density at radius 1 is 1.12 bits per heavy atom. The molecule has 0 aliphatic carbocycles. The molecule has 1 unspecified atom stereocenters. The number of morpholine rings is 1. The first-order chi connectivity index (χ1) is 15.6. The molecule has 1 saturated heterocycles. The van der Waals surface area contributed by atoms with Gasteiger partial charge in [-0.15, -0.1) is 0 Å². The third-order valence-electron chi connectivity index (χ3n) is 5.87. The SMILES string of the molecule is CCN(C)Cc1cccc(CNC(=NC)NCC(c2ccc(F)cc2)N2CCOCC2)c1. The number of ether oxygens (including phenoxy) is 1. The fourth-order valence-corrected chi connectivity index (χ4v) is 3.89.